The van der Waals surface area contributed by atoms with Gasteiger partial charge >= 0.3 is 5.97 Å². The molecular weight excluding hydrogens is 335 g/mol. The second kappa shape index (κ2) is 6.55. The second-order valence-electron chi connectivity index (χ2n) is 5.97. The molecule has 0 heterocycles. The highest BCUT2D eigenvalue weighted by atomic mass is 35.7. The van der Waals surface area contributed by atoms with E-state index < -0.39 is 15.0 Å². The summed E-state index contributed by atoms with van der Waals surface area (Å²) >= 11 is 5.94. The number of carbonyl (C=O) groups is 1. The molecule has 21 heavy (non-hydrogen) atoms. The van der Waals surface area contributed by atoms with E-state index in [-0.39, 0.29) is 27.5 Å². The molecule has 0 radical (unpaired) electrons. The minimum Gasteiger partial charge on any atom is -0.462 e. The first-order valence-corrected chi connectivity index (χ1v) is 9.02. The van der Waals surface area contributed by atoms with Gasteiger partial charge in [0.2, 0.25) is 0 Å². The summed E-state index contributed by atoms with van der Waals surface area (Å²) in [6.45, 7) is 7.86. The first-order valence-electron chi connectivity index (χ1n) is 6.34. The molecule has 7 heteroatoms. The van der Waals surface area contributed by atoms with E-state index in [0.29, 0.717) is 12.0 Å². The van der Waals surface area contributed by atoms with Crippen LogP contribution in [-0.2, 0) is 13.8 Å². The van der Waals surface area contributed by atoms with Gasteiger partial charge in [-0.1, -0.05) is 32.4 Å². The first-order chi connectivity index (χ1) is 9.42. The summed E-state index contributed by atoms with van der Waals surface area (Å²) < 4.78 is 28.1. The number of ether oxygens (including phenoxy) is 1. The SMILES string of the molecule is Cc1c(Cl)cc(C(=O)OCCC(C)(C)C)cc1S(=O)(=O)Cl. The van der Waals surface area contributed by atoms with Crippen LogP contribution in [0.25, 0.3) is 0 Å². The van der Waals surface area contributed by atoms with E-state index in [1.807, 2.05) is 20.8 Å². The van der Waals surface area contributed by atoms with Gasteiger partial charge in [-0.3, -0.25) is 0 Å². The number of carbonyl (C=O) groups excluding carboxylic acids is 1. The molecule has 4 nitrogen and oxygen atoms in total. The van der Waals surface area contributed by atoms with Gasteiger partial charge in [-0.25, -0.2) is 13.2 Å². The van der Waals surface area contributed by atoms with Crippen LogP contribution < -0.4 is 0 Å². The Morgan fingerprint density at radius 3 is 2.33 bits per heavy atom. The third-order valence-corrected chi connectivity index (χ3v) is 4.72. The summed E-state index contributed by atoms with van der Waals surface area (Å²) in [6.07, 6.45) is 0.693. The molecule has 0 spiro atoms. The lowest BCUT2D eigenvalue weighted by atomic mass is 9.93. The molecule has 0 aliphatic heterocycles. The van der Waals surface area contributed by atoms with Gasteiger partial charge in [-0.2, -0.15) is 0 Å². The number of benzene rings is 1. The molecule has 1 aromatic rings. The van der Waals surface area contributed by atoms with E-state index >= 15 is 0 Å². The van der Waals surface area contributed by atoms with Gasteiger partial charge in [-0.15, -0.1) is 0 Å². The van der Waals surface area contributed by atoms with E-state index in [9.17, 15) is 13.2 Å². The lowest BCUT2D eigenvalue weighted by molar-refractivity contribution is 0.0464. The summed E-state index contributed by atoms with van der Waals surface area (Å²) in [5.41, 5.74) is 0.409. The zero-order valence-corrected chi connectivity index (χ0v) is 14.7. The molecule has 0 saturated carbocycles. The highest BCUT2D eigenvalue weighted by Gasteiger charge is 2.20. The summed E-state index contributed by atoms with van der Waals surface area (Å²) in [4.78, 5) is 11.8. The van der Waals surface area contributed by atoms with Crippen LogP contribution in [0.5, 0.6) is 0 Å². The largest absolute Gasteiger partial charge is 0.462 e. The minimum absolute atomic E-state index is 0.0375. The predicted octanol–water partition coefficient (Wildman–Crippen LogP) is 4.17. The van der Waals surface area contributed by atoms with E-state index in [4.69, 9.17) is 27.0 Å². The Balaban J connectivity index is 2.99. The summed E-state index contributed by atoms with van der Waals surface area (Å²) in [6, 6.07) is 2.56. The smallest absolute Gasteiger partial charge is 0.338 e. The van der Waals surface area contributed by atoms with Crippen LogP contribution in [0.2, 0.25) is 5.02 Å². The van der Waals surface area contributed by atoms with E-state index in [1.54, 1.807) is 0 Å². The molecule has 0 bridgehead atoms. The first kappa shape index (κ1) is 18.3. The van der Waals surface area contributed by atoms with Gasteiger partial charge in [0.15, 0.2) is 0 Å². The van der Waals surface area contributed by atoms with Gasteiger partial charge in [-0.05, 0) is 36.5 Å². The fraction of sp³-hybridized carbons (Fsp3) is 0.500. The van der Waals surface area contributed by atoms with Gasteiger partial charge in [0.05, 0.1) is 17.1 Å². The topological polar surface area (TPSA) is 60.4 Å². The van der Waals surface area contributed by atoms with Crippen LogP contribution in [0.3, 0.4) is 0 Å². The zero-order valence-electron chi connectivity index (χ0n) is 12.4. The molecular formula is C14H18Cl2O4S. The van der Waals surface area contributed by atoms with Crippen molar-refractivity contribution in [1.82, 2.24) is 0 Å². The zero-order chi connectivity index (χ0) is 16.4. The Labute approximate surface area is 134 Å². The van der Waals surface area contributed by atoms with Crippen molar-refractivity contribution in [3.05, 3.63) is 28.3 Å². The summed E-state index contributed by atoms with van der Waals surface area (Å²) in [5.74, 6) is -0.622. The third kappa shape index (κ3) is 5.49. The maximum absolute atomic E-state index is 12.0. The molecule has 0 N–H and O–H groups in total. The maximum Gasteiger partial charge on any atom is 0.338 e. The average molecular weight is 353 g/mol. The molecule has 0 aromatic heterocycles. The van der Waals surface area contributed by atoms with Crippen LogP contribution >= 0.6 is 22.3 Å². The number of rotatable bonds is 4. The number of esters is 1. The predicted molar refractivity (Wildman–Crippen MR) is 83.6 cm³/mol. The monoisotopic (exact) mass is 352 g/mol. The quantitative estimate of drug-likeness (QED) is 0.602. The Hall–Kier alpha value is -0.780. The second-order valence-corrected chi connectivity index (χ2v) is 8.91. The summed E-state index contributed by atoms with van der Waals surface area (Å²) in [7, 11) is 1.36. The molecule has 0 aliphatic rings. The molecule has 0 fully saturated rings. The summed E-state index contributed by atoms with van der Waals surface area (Å²) in [5, 5.41) is 0.152. The number of halogens is 2. The Kier molecular flexibility index (Phi) is 5.69. The highest BCUT2D eigenvalue weighted by molar-refractivity contribution is 8.13. The fourth-order valence-corrected chi connectivity index (χ4v) is 3.06. The normalized spacial score (nSPS) is 12.3. The molecule has 1 rings (SSSR count). The van der Waals surface area contributed by atoms with Crippen LogP contribution in [0.15, 0.2) is 17.0 Å². The van der Waals surface area contributed by atoms with Crippen molar-refractivity contribution in [2.24, 2.45) is 5.41 Å². The molecule has 0 saturated heterocycles. The minimum atomic E-state index is -3.98. The maximum atomic E-state index is 12.0. The highest BCUT2D eigenvalue weighted by Crippen LogP contribution is 2.28. The Bertz CT molecular complexity index is 646. The standard InChI is InChI=1S/C14H18Cl2O4S/c1-9-11(15)7-10(8-12(9)21(16,18)19)13(17)20-6-5-14(2,3)4/h7-8H,5-6H2,1-4H3. The van der Waals surface area contributed by atoms with Gasteiger partial charge in [0, 0.05) is 15.7 Å². The van der Waals surface area contributed by atoms with Crippen molar-refractivity contribution in [2.45, 2.75) is 39.0 Å². The van der Waals surface area contributed by atoms with Crippen molar-refractivity contribution in [2.75, 3.05) is 6.61 Å². The van der Waals surface area contributed by atoms with E-state index in [2.05, 4.69) is 0 Å². The average Bonchev–Trinajstić information content (AvgIpc) is 2.29. The molecule has 0 amide bonds. The van der Waals surface area contributed by atoms with Crippen molar-refractivity contribution in [3.8, 4) is 0 Å². The molecule has 0 aliphatic carbocycles. The number of hydrogen-bond acceptors (Lipinski definition) is 4. The lowest BCUT2D eigenvalue weighted by Gasteiger charge is -2.17. The van der Waals surface area contributed by atoms with Gasteiger partial charge < -0.3 is 4.74 Å². The fourth-order valence-electron chi connectivity index (χ4n) is 1.56. The third-order valence-electron chi connectivity index (χ3n) is 2.88. The van der Waals surface area contributed by atoms with Crippen LogP contribution in [0, 0.1) is 12.3 Å². The van der Waals surface area contributed by atoms with Crippen molar-refractivity contribution < 1.29 is 17.9 Å². The molecule has 0 atom stereocenters. The molecule has 118 valence electrons. The van der Waals surface area contributed by atoms with Gasteiger partial charge in [0.1, 0.15) is 0 Å². The molecule has 0 unspecified atom stereocenters. The molecule has 1 aromatic carbocycles. The number of hydrogen-bond donors (Lipinski definition) is 0. The van der Waals surface area contributed by atoms with E-state index in [1.165, 1.54) is 19.1 Å². The van der Waals surface area contributed by atoms with Crippen molar-refractivity contribution in [3.63, 3.8) is 0 Å². The van der Waals surface area contributed by atoms with Crippen molar-refractivity contribution >= 4 is 37.3 Å². The Morgan fingerprint density at radius 2 is 1.86 bits per heavy atom. The van der Waals surface area contributed by atoms with Gasteiger partial charge in [0.25, 0.3) is 9.05 Å². The van der Waals surface area contributed by atoms with E-state index in [0.717, 1.165) is 0 Å². The van der Waals surface area contributed by atoms with Crippen LogP contribution in [-0.4, -0.2) is 21.0 Å². The van der Waals surface area contributed by atoms with Crippen molar-refractivity contribution in [1.29, 1.82) is 0 Å². The van der Waals surface area contributed by atoms with Crippen LogP contribution in [0.4, 0.5) is 0 Å². The van der Waals surface area contributed by atoms with Crippen LogP contribution in [0.1, 0.15) is 43.1 Å². The lowest BCUT2D eigenvalue weighted by Crippen LogP contribution is -2.13. The Morgan fingerprint density at radius 1 is 1.29 bits per heavy atom.